The second-order valence-electron chi connectivity index (χ2n) is 6.20. The normalized spacial score (nSPS) is 16.1. The number of benzene rings is 1. The minimum absolute atomic E-state index is 0.00354. The predicted molar refractivity (Wildman–Crippen MR) is 91.4 cm³/mol. The maximum atomic E-state index is 12.4. The van der Waals surface area contributed by atoms with Crippen molar-refractivity contribution in [3.63, 3.8) is 0 Å². The van der Waals surface area contributed by atoms with E-state index in [1.165, 1.54) is 0 Å². The van der Waals surface area contributed by atoms with Crippen LogP contribution in [0.5, 0.6) is 0 Å². The molecular formula is C18H27N3O2. The van der Waals surface area contributed by atoms with Crippen molar-refractivity contribution < 1.29 is 9.59 Å². The van der Waals surface area contributed by atoms with Gasteiger partial charge < -0.3 is 16.0 Å². The maximum Gasteiger partial charge on any atom is 0.253 e. The molecule has 0 atom stereocenters. The minimum atomic E-state index is -0.257. The molecule has 0 bridgehead atoms. The number of nitrogens with one attached hydrogen (secondary N) is 1. The van der Waals surface area contributed by atoms with Gasteiger partial charge in [-0.25, -0.2) is 0 Å². The summed E-state index contributed by atoms with van der Waals surface area (Å²) in [7, 11) is 0. The van der Waals surface area contributed by atoms with E-state index in [9.17, 15) is 9.59 Å². The van der Waals surface area contributed by atoms with Gasteiger partial charge in [0.15, 0.2) is 0 Å². The summed E-state index contributed by atoms with van der Waals surface area (Å²) in [6, 6.07) is 6.87. The van der Waals surface area contributed by atoms with Gasteiger partial charge in [-0.3, -0.25) is 9.59 Å². The largest absolute Gasteiger partial charge is 0.345 e. The van der Waals surface area contributed by atoms with Gasteiger partial charge in [0.2, 0.25) is 0 Å². The van der Waals surface area contributed by atoms with Crippen molar-refractivity contribution in [2.75, 3.05) is 19.6 Å². The lowest BCUT2D eigenvalue weighted by molar-refractivity contribution is 0.0772. The Labute approximate surface area is 138 Å². The van der Waals surface area contributed by atoms with Crippen LogP contribution in [0, 0.1) is 0 Å². The van der Waals surface area contributed by atoms with Crippen LogP contribution in [-0.4, -0.2) is 41.9 Å². The molecule has 23 heavy (non-hydrogen) atoms. The Bertz CT molecular complexity index is 544. The van der Waals surface area contributed by atoms with E-state index in [1.54, 1.807) is 29.2 Å². The SMILES string of the molecule is CCN(CC)C(=O)c1ccc(C(=O)NC2(CN)CCCC2)cc1. The van der Waals surface area contributed by atoms with E-state index in [0.29, 0.717) is 30.8 Å². The molecule has 5 heteroatoms. The van der Waals surface area contributed by atoms with Crippen molar-refractivity contribution in [1.29, 1.82) is 0 Å². The number of amides is 2. The lowest BCUT2D eigenvalue weighted by Crippen LogP contribution is -2.51. The summed E-state index contributed by atoms with van der Waals surface area (Å²) in [5, 5.41) is 3.09. The van der Waals surface area contributed by atoms with Crippen LogP contribution >= 0.6 is 0 Å². The third kappa shape index (κ3) is 3.91. The molecule has 5 nitrogen and oxygen atoms in total. The summed E-state index contributed by atoms with van der Waals surface area (Å²) >= 11 is 0. The molecule has 2 rings (SSSR count). The average Bonchev–Trinajstić information content (AvgIpc) is 3.05. The molecule has 0 heterocycles. The van der Waals surface area contributed by atoms with E-state index >= 15 is 0 Å². The van der Waals surface area contributed by atoms with E-state index in [1.807, 2.05) is 13.8 Å². The smallest absolute Gasteiger partial charge is 0.253 e. The maximum absolute atomic E-state index is 12.4. The zero-order chi connectivity index (χ0) is 16.9. The number of nitrogens with zero attached hydrogens (tertiary/aromatic N) is 1. The van der Waals surface area contributed by atoms with Crippen LogP contribution in [0.2, 0.25) is 0 Å². The van der Waals surface area contributed by atoms with E-state index in [0.717, 1.165) is 25.7 Å². The van der Waals surface area contributed by atoms with Gasteiger partial charge in [0.1, 0.15) is 0 Å². The minimum Gasteiger partial charge on any atom is -0.345 e. The summed E-state index contributed by atoms with van der Waals surface area (Å²) in [6.07, 6.45) is 4.09. The zero-order valence-electron chi connectivity index (χ0n) is 14.1. The molecule has 1 aromatic carbocycles. The highest BCUT2D eigenvalue weighted by Gasteiger charge is 2.34. The fourth-order valence-electron chi connectivity index (χ4n) is 3.20. The summed E-state index contributed by atoms with van der Waals surface area (Å²) in [6.45, 7) is 5.73. The number of nitrogens with two attached hydrogens (primary N) is 1. The first-order valence-electron chi connectivity index (χ1n) is 8.47. The van der Waals surface area contributed by atoms with E-state index in [-0.39, 0.29) is 17.4 Å². The third-order valence-corrected chi connectivity index (χ3v) is 4.77. The molecule has 1 aromatic rings. The van der Waals surface area contributed by atoms with Crippen molar-refractivity contribution >= 4 is 11.8 Å². The average molecular weight is 317 g/mol. The quantitative estimate of drug-likeness (QED) is 0.844. The van der Waals surface area contributed by atoms with Crippen LogP contribution in [0.15, 0.2) is 24.3 Å². The summed E-state index contributed by atoms with van der Waals surface area (Å²) in [5.41, 5.74) is 6.78. The molecular weight excluding hydrogens is 290 g/mol. The molecule has 0 spiro atoms. The van der Waals surface area contributed by atoms with Crippen LogP contribution in [0.25, 0.3) is 0 Å². The zero-order valence-corrected chi connectivity index (χ0v) is 14.1. The van der Waals surface area contributed by atoms with Crippen molar-refractivity contribution in [2.45, 2.75) is 45.1 Å². The van der Waals surface area contributed by atoms with Gasteiger partial charge in [0, 0.05) is 30.8 Å². The summed E-state index contributed by atoms with van der Waals surface area (Å²) < 4.78 is 0. The highest BCUT2D eigenvalue weighted by atomic mass is 16.2. The molecule has 1 saturated carbocycles. The van der Waals surface area contributed by atoms with Gasteiger partial charge >= 0.3 is 0 Å². The molecule has 2 amide bonds. The van der Waals surface area contributed by atoms with Gasteiger partial charge in [-0.1, -0.05) is 12.8 Å². The van der Waals surface area contributed by atoms with Gasteiger partial charge in [-0.05, 0) is 51.0 Å². The molecule has 0 unspecified atom stereocenters. The third-order valence-electron chi connectivity index (χ3n) is 4.77. The van der Waals surface area contributed by atoms with E-state index in [2.05, 4.69) is 5.32 Å². The number of hydrogen-bond acceptors (Lipinski definition) is 3. The highest BCUT2D eigenvalue weighted by Crippen LogP contribution is 2.28. The van der Waals surface area contributed by atoms with Crippen LogP contribution in [0.3, 0.4) is 0 Å². The van der Waals surface area contributed by atoms with Gasteiger partial charge in [0.05, 0.1) is 5.54 Å². The number of carbonyl (C=O) groups is 2. The Kier molecular flexibility index (Phi) is 5.77. The molecule has 126 valence electrons. The molecule has 0 saturated heterocycles. The number of hydrogen-bond donors (Lipinski definition) is 2. The van der Waals surface area contributed by atoms with Crippen LogP contribution in [-0.2, 0) is 0 Å². The van der Waals surface area contributed by atoms with Gasteiger partial charge in [-0.15, -0.1) is 0 Å². The first-order valence-corrected chi connectivity index (χ1v) is 8.47. The van der Waals surface area contributed by atoms with Crippen molar-refractivity contribution in [2.24, 2.45) is 5.73 Å². The highest BCUT2D eigenvalue weighted by molar-refractivity contribution is 5.98. The summed E-state index contributed by atoms with van der Waals surface area (Å²) in [4.78, 5) is 26.5. The molecule has 1 aliphatic carbocycles. The topological polar surface area (TPSA) is 75.4 Å². The van der Waals surface area contributed by atoms with Crippen molar-refractivity contribution in [3.05, 3.63) is 35.4 Å². The fraction of sp³-hybridized carbons (Fsp3) is 0.556. The van der Waals surface area contributed by atoms with Crippen molar-refractivity contribution in [1.82, 2.24) is 10.2 Å². The van der Waals surface area contributed by atoms with E-state index in [4.69, 9.17) is 5.73 Å². The lowest BCUT2D eigenvalue weighted by atomic mass is 9.97. The Morgan fingerprint density at radius 1 is 1.09 bits per heavy atom. The number of carbonyl (C=O) groups excluding carboxylic acids is 2. The molecule has 1 aliphatic rings. The molecule has 3 N–H and O–H groups in total. The van der Waals surface area contributed by atoms with E-state index < -0.39 is 0 Å². The molecule has 0 aromatic heterocycles. The monoisotopic (exact) mass is 317 g/mol. The fourth-order valence-corrected chi connectivity index (χ4v) is 3.20. The second-order valence-corrected chi connectivity index (χ2v) is 6.20. The molecule has 1 fully saturated rings. The van der Waals surface area contributed by atoms with Crippen molar-refractivity contribution in [3.8, 4) is 0 Å². The molecule has 0 aliphatic heterocycles. The first-order chi connectivity index (χ1) is 11.0. The first kappa shape index (κ1) is 17.5. The van der Waals surface area contributed by atoms with Gasteiger partial charge in [0.25, 0.3) is 11.8 Å². The Hall–Kier alpha value is -1.88. The van der Waals surface area contributed by atoms with Crippen LogP contribution in [0.1, 0.15) is 60.2 Å². The standard InChI is InChI=1S/C18H27N3O2/c1-3-21(4-2)17(23)15-9-7-14(8-10-15)16(22)20-18(13-19)11-5-6-12-18/h7-10H,3-6,11-13,19H2,1-2H3,(H,20,22). The Morgan fingerprint density at radius 2 is 1.61 bits per heavy atom. The second kappa shape index (κ2) is 7.59. The molecule has 0 radical (unpaired) electrons. The summed E-state index contributed by atoms with van der Waals surface area (Å²) in [5.74, 6) is -0.115. The Balaban J connectivity index is 2.07. The lowest BCUT2D eigenvalue weighted by Gasteiger charge is -2.28. The van der Waals surface area contributed by atoms with Crippen LogP contribution in [0.4, 0.5) is 0 Å². The van der Waals surface area contributed by atoms with Crippen LogP contribution < -0.4 is 11.1 Å². The number of rotatable bonds is 6. The predicted octanol–water partition coefficient (Wildman–Crippen LogP) is 2.17. The Morgan fingerprint density at radius 3 is 2.09 bits per heavy atom. The van der Waals surface area contributed by atoms with Gasteiger partial charge in [-0.2, -0.15) is 0 Å².